The number of hydrogen-bond donors (Lipinski definition) is 0. The third-order valence-corrected chi connectivity index (χ3v) is 4.69. The van der Waals surface area contributed by atoms with Crippen LogP contribution in [0, 0.1) is 0 Å². The number of nitrogens with zero attached hydrogens (tertiary/aromatic N) is 1. The molecule has 0 aromatic rings. The molecule has 0 aromatic carbocycles. The van der Waals surface area contributed by atoms with E-state index < -0.39 is 0 Å². The van der Waals surface area contributed by atoms with Gasteiger partial charge in [-0.05, 0) is 31.9 Å². The van der Waals surface area contributed by atoms with E-state index in [-0.39, 0.29) is 0 Å². The summed E-state index contributed by atoms with van der Waals surface area (Å²) in [4.78, 5) is 13.6. The van der Waals surface area contributed by atoms with E-state index in [2.05, 4.69) is 11.2 Å². The van der Waals surface area contributed by atoms with Crippen molar-refractivity contribution in [2.24, 2.45) is 0 Å². The van der Waals surface area contributed by atoms with Gasteiger partial charge >= 0.3 is 0 Å². The second kappa shape index (κ2) is 4.67. The molecule has 1 heterocycles. The molecule has 0 radical (unpaired) electrons. The zero-order chi connectivity index (χ0) is 9.97. The maximum absolute atomic E-state index is 11.2. The van der Waals surface area contributed by atoms with E-state index in [0.717, 1.165) is 24.8 Å². The highest BCUT2D eigenvalue weighted by Crippen LogP contribution is 2.30. The first-order chi connectivity index (χ1) is 6.79. The van der Waals surface area contributed by atoms with Crippen LogP contribution in [0.25, 0.3) is 0 Å². The Balaban J connectivity index is 1.80. The van der Waals surface area contributed by atoms with Crippen molar-refractivity contribution < 1.29 is 4.79 Å². The van der Waals surface area contributed by atoms with Gasteiger partial charge < -0.3 is 0 Å². The molecule has 80 valence electrons. The van der Waals surface area contributed by atoms with Crippen LogP contribution in [0.5, 0.6) is 0 Å². The van der Waals surface area contributed by atoms with Gasteiger partial charge in [0.25, 0.3) is 0 Å². The molecule has 0 aromatic heterocycles. The van der Waals surface area contributed by atoms with Crippen LogP contribution >= 0.6 is 11.8 Å². The first-order valence-electron chi connectivity index (χ1n) is 5.58. The largest absolute Gasteiger partial charge is 0.298 e. The van der Waals surface area contributed by atoms with E-state index in [1.807, 2.05) is 11.8 Å². The fourth-order valence-electron chi connectivity index (χ4n) is 2.61. The summed E-state index contributed by atoms with van der Waals surface area (Å²) in [6.45, 7) is 1.75. The van der Waals surface area contributed by atoms with E-state index in [0.29, 0.717) is 11.8 Å². The van der Waals surface area contributed by atoms with Gasteiger partial charge in [-0.2, -0.15) is 11.8 Å². The Morgan fingerprint density at radius 1 is 1.29 bits per heavy atom. The van der Waals surface area contributed by atoms with Gasteiger partial charge in [-0.1, -0.05) is 0 Å². The molecule has 1 saturated carbocycles. The number of rotatable bonds is 2. The lowest BCUT2D eigenvalue weighted by Gasteiger charge is -2.33. The Kier molecular flexibility index (Phi) is 3.50. The SMILES string of the molecule is CSC1CCC(N2CCC(=O)C2)CC1. The van der Waals surface area contributed by atoms with Crippen LogP contribution in [-0.2, 0) is 4.79 Å². The molecular weight excluding hydrogens is 194 g/mol. The molecule has 2 nitrogen and oxygen atoms in total. The maximum atomic E-state index is 11.2. The molecule has 3 heteroatoms. The summed E-state index contributed by atoms with van der Waals surface area (Å²) in [5.41, 5.74) is 0. The predicted molar refractivity (Wildman–Crippen MR) is 60.8 cm³/mol. The van der Waals surface area contributed by atoms with E-state index in [1.165, 1.54) is 25.7 Å². The van der Waals surface area contributed by atoms with Crippen molar-refractivity contribution in [3.63, 3.8) is 0 Å². The van der Waals surface area contributed by atoms with Crippen molar-refractivity contribution >= 4 is 17.5 Å². The fourth-order valence-corrected chi connectivity index (χ4v) is 3.35. The number of thioether (sulfide) groups is 1. The van der Waals surface area contributed by atoms with E-state index in [1.54, 1.807) is 0 Å². The van der Waals surface area contributed by atoms with Crippen molar-refractivity contribution in [1.82, 2.24) is 4.90 Å². The van der Waals surface area contributed by atoms with Gasteiger partial charge in [-0.25, -0.2) is 0 Å². The summed E-state index contributed by atoms with van der Waals surface area (Å²) >= 11 is 2.01. The van der Waals surface area contributed by atoms with Crippen LogP contribution in [0.1, 0.15) is 32.1 Å². The Morgan fingerprint density at radius 2 is 2.00 bits per heavy atom. The highest BCUT2D eigenvalue weighted by atomic mass is 32.2. The van der Waals surface area contributed by atoms with Crippen molar-refractivity contribution in [3.8, 4) is 0 Å². The summed E-state index contributed by atoms with van der Waals surface area (Å²) in [6.07, 6.45) is 8.30. The van der Waals surface area contributed by atoms with Crippen LogP contribution in [0.15, 0.2) is 0 Å². The van der Waals surface area contributed by atoms with Gasteiger partial charge in [-0.3, -0.25) is 9.69 Å². The molecule has 0 spiro atoms. The average Bonchev–Trinajstić information content (AvgIpc) is 2.65. The monoisotopic (exact) mass is 213 g/mol. The summed E-state index contributed by atoms with van der Waals surface area (Å²) in [5, 5.41) is 0.879. The van der Waals surface area contributed by atoms with Gasteiger partial charge in [0.2, 0.25) is 0 Å². The molecule has 0 bridgehead atoms. The average molecular weight is 213 g/mol. The number of carbonyl (C=O) groups excluding carboxylic acids is 1. The summed E-state index contributed by atoms with van der Waals surface area (Å²) < 4.78 is 0. The van der Waals surface area contributed by atoms with Gasteiger partial charge in [0, 0.05) is 24.3 Å². The molecule has 1 saturated heterocycles. The lowest BCUT2D eigenvalue weighted by molar-refractivity contribution is -0.117. The van der Waals surface area contributed by atoms with E-state index in [4.69, 9.17) is 0 Å². The lowest BCUT2D eigenvalue weighted by Crippen LogP contribution is -2.37. The Hall–Kier alpha value is -0.0200. The van der Waals surface area contributed by atoms with Gasteiger partial charge in [0.05, 0.1) is 6.54 Å². The standard InChI is InChI=1S/C11H19NOS/c1-14-11-4-2-9(3-5-11)12-7-6-10(13)8-12/h9,11H,2-8H2,1H3. The van der Waals surface area contributed by atoms with Crippen LogP contribution < -0.4 is 0 Å². The van der Waals surface area contributed by atoms with Crippen LogP contribution in [0.2, 0.25) is 0 Å². The smallest absolute Gasteiger partial charge is 0.148 e. The zero-order valence-electron chi connectivity index (χ0n) is 8.87. The first-order valence-corrected chi connectivity index (χ1v) is 6.87. The zero-order valence-corrected chi connectivity index (χ0v) is 9.68. The fraction of sp³-hybridized carbons (Fsp3) is 0.909. The van der Waals surface area contributed by atoms with Crippen molar-refractivity contribution in [2.75, 3.05) is 19.3 Å². The summed E-state index contributed by atoms with van der Waals surface area (Å²) in [6, 6.07) is 0.713. The Bertz CT molecular complexity index is 211. The number of ketones is 1. The van der Waals surface area contributed by atoms with Crippen molar-refractivity contribution in [1.29, 1.82) is 0 Å². The van der Waals surface area contributed by atoms with Crippen molar-refractivity contribution in [2.45, 2.75) is 43.4 Å². The molecular formula is C11H19NOS. The Morgan fingerprint density at radius 3 is 2.50 bits per heavy atom. The molecule has 0 atom stereocenters. The minimum Gasteiger partial charge on any atom is -0.298 e. The van der Waals surface area contributed by atoms with Gasteiger partial charge in [0.15, 0.2) is 0 Å². The third-order valence-electron chi connectivity index (χ3n) is 3.55. The summed E-state index contributed by atoms with van der Waals surface area (Å²) in [7, 11) is 0. The quantitative estimate of drug-likeness (QED) is 0.699. The minimum absolute atomic E-state index is 0.442. The molecule has 0 amide bonds. The van der Waals surface area contributed by atoms with Crippen molar-refractivity contribution in [3.05, 3.63) is 0 Å². The highest BCUT2D eigenvalue weighted by Gasteiger charge is 2.29. The molecule has 14 heavy (non-hydrogen) atoms. The molecule has 1 aliphatic heterocycles. The van der Waals surface area contributed by atoms with Crippen LogP contribution in [-0.4, -0.2) is 41.3 Å². The van der Waals surface area contributed by atoms with Crippen LogP contribution in [0.4, 0.5) is 0 Å². The third kappa shape index (κ3) is 2.31. The highest BCUT2D eigenvalue weighted by molar-refractivity contribution is 7.99. The normalized spacial score (nSPS) is 35.1. The van der Waals surface area contributed by atoms with Gasteiger partial charge in [0.1, 0.15) is 5.78 Å². The molecule has 2 rings (SSSR count). The first kappa shape index (κ1) is 10.5. The molecule has 0 N–H and O–H groups in total. The molecule has 2 fully saturated rings. The number of hydrogen-bond acceptors (Lipinski definition) is 3. The number of likely N-dealkylation sites (tertiary alicyclic amines) is 1. The van der Waals surface area contributed by atoms with E-state index in [9.17, 15) is 4.79 Å². The maximum Gasteiger partial charge on any atom is 0.148 e. The predicted octanol–water partition coefficient (Wildman–Crippen LogP) is 1.94. The Labute approximate surface area is 90.4 Å². The van der Waals surface area contributed by atoms with Gasteiger partial charge in [-0.15, -0.1) is 0 Å². The van der Waals surface area contributed by atoms with E-state index >= 15 is 0 Å². The second-order valence-electron chi connectivity index (χ2n) is 4.43. The van der Waals surface area contributed by atoms with Crippen LogP contribution in [0.3, 0.4) is 0 Å². The lowest BCUT2D eigenvalue weighted by atomic mass is 9.94. The molecule has 2 aliphatic rings. The molecule has 0 unspecified atom stereocenters. The number of carbonyl (C=O) groups is 1. The summed E-state index contributed by atoms with van der Waals surface area (Å²) in [5.74, 6) is 0.442. The number of Topliss-reactive ketones (excluding diaryl/α,β-unsaturated/α-hetero) is 1. The topological polar surface area (TPSA) is 20.3 Å². The molecule has 1 aliphatic carbocycles. The minimum atomic E-state index is 0.442. The second-order valence-corrected chi connectivity index (χ2v) is 5.56.